The van der Waals surface area contributed by atoms with Crippen LogP contribution in [-0.2, 0) is 6.42 Å². The fraction of sp³-hybridized carbons (Fsp3) is 0.692. The van der Waals surface area contributed by atoms with Gasteiger partial charge in [-0.25, -0.2) is 0 Å². The van der Waals surface area contributed by atoms with Crippen molar-refractivity contribution in [3.63, 3.8) is 0 Å². The molecule has 3 heteroatoms. The van der Waals surface area contributed by atoms with Gasteiger partial charge in [0.05, 0.1) is 0 Å². The van der Waals surface area contributed by atoms with E-state index in [1.807, 2.05) is 11.3 Å². The normalized spacial score (nSPS) is 13.2. The van der Waals surface area contributed by atoms with E-state index in [0.29, 0.717) is 12.6 Å². The van der Waals surface area contributed by atoms with Crippen molar-refractivity contribution in [2.24, 2.45) is 0 Å². The van der Waals surface area contributed by atoms with E-state index in [1.54, 1.807) is 0 Å². The topological polar surface area (TPSA) is 23.5 Å². The zero-order valence-electron chi connectivity index (χ0n) is 10.4. The summed E-state index contributed by atoms with van der Waals surface area (Å²) in [6, 6.07) is 4.93. The summed E-state index contributed by atoms with van der Waals surface area (Å²) in [5, 5.41) is 10.8. The molecule has 2 nitrogen and oxygen atoms in total. The van der Waals surface area contributed by atoms with Crippen LogP contribution in [0, 0.1) is 0 Å². The number of aliphatic hydroxyl groups is 1. The van der Waals surface area contributed by atoms with Crippen molar-refractivity contribution in [1.29, 1.82) is 0 Å². The van der Waals surface area contributed by atoms with Gasteiger partial charge in [0.25, 0.3) is 0 Å². The number of unbranched alkanes of at least 4 members (excludes halogenated alkanes) is 2. The number of aliphatic hydroxyl groups excluding tert-OH is 1. The minimum absolute atomic E-state index is 0.328. The third-order valence-corrected chi connectivity index (χ3v) is 3.90. The van der Waals surface area contributed by atoms with Gasteiger partial charge in [-0.2, -0.15) is 0 Å². The van der Waals surface area contributed by atoms with Gasteiger partial charge >= 0.3 is 0 Å². The van der Waals surface area contributed by atoms with E-state index >= 15 is 0 Å². The van der Waals surface area contributed by atoms with Gasteiger partial charge in [-0.05, 0) is 57.6 Å². The van der Waals surface area contributed by atoms with Crippen LogP contribution >= 0.6 is 11.3 Å². The lowest BCUT2D eigenvalue weighted by atomic mass is 10.1. The van der Waals surface area contributed by atoms with Crippen LogP contribution in [0.4, 0.5) is 0 Å². The van der Waals surface area contributed by atoms with Crippen molar-refractivity contribution < 1.29 is 5.11 Å². The van der Waals surface area contributed by atoms with E-state index < -0.39 is 0 Å². The van der Waals surface area contributed by atoms with Gasteiger partial charge in [-0.3, -0.25) is 0 Å². The Morgan fingerprint density at radius 1 is 1.38 bits per heavy atom. The lowest BCUT2D eigenvalue weighted by Crippen LogP contribution is -2.31. The fourth-order valence-electron chi connectivity index (χ4n) is 1.75. The SMILES string of the molecule is CC(Cc1cccs1)N(C)CCCCCO. The van der Waals surface area contributed by atoms with E-state index in [4.69, 9.17) is 5.11 Å². The maximum Gasteiger partial charge on any atom is 0.0431 e. The highest BCUT2D eigenvalue weighted by atomic mass is 32.1. The molecule has 1 aromatic heterocycles. The Balaban J connectivity index is 2.17. The summed E-state index contributed by atoms with van der Waals surface area (Å²) in [5.41, 5.74) is 0. The number of hydrogen-bond acceptors (Lipinski definition) is 3. The van der Waals surface area contributed by atoms with Crippen molar-refractivity contribution in [3.8, 4) is 0 Å². The van der Waals surface area contributed by atoms with E-state index in [1.165, 1.54) is 11.3 Å². The minimum atomic E-state index is 0.328. The molecular weight excluding hydrogens is 218 g/mol. The predicted octanol–water partition coefficient (Wildman–Crippen LogP) is 2.77. The summed E-state index contributed by atoms with van der Waals surface area (Å²) in [6.45, 7) is 3.74. The van der Waals surface area contributed by atoms with Crippen molar-refractivity contribution in [2.75, 3.05) is 20.2 Å². The summed E-state index contributed by atoms with van der Waals surface area (Å²) in [5.74, 6) is 0. The molecule has 0 bridgehead atoms. The van der Waals surface area contributed by atoms with Crippen molar-refractivity contribution in [1.82, 2.24) is 4.90 Å². The molecule has 0 amide bonds. The standard InChI is InChI=1S/C13H23NOS/c1-12(11-13-7-6-10-16-13)14(2)8-4-3-5-9-15/h6-7,10,12,15H,3-5,8-9,11H2,1-2H3. The molecule has 92 valence electrons. The van der Waals surface area contributed by atoms with Gasteiger partial charge in [0.2, 0.25) is 0 Å². The van der Waals surface area contributed by atoms with Crippen molar-refractivity contribution >= 4 is 11.3 Å². The summed E-state index contributed by atoms with van der Waals surface area (Å²) >= 11 is 1.84. The molecule has 16 heavy (non-hydrogen) atoms. The van der Waals surface area contributed by atoms with E-state index in [9.17, 15) is 0 Å². The molecule has 0 saturated heterocycles. The first-order chi connectivity index (χ1) is 7.74. The molecule has 0 aliphatic heterocycles. The Bertz CT molecular complexity index is 261. The van der Waals surface area contributed by atoms with Crippen LogP contribution < -0.4 is 0 Å². The highest BCUT2D eigenvalue weighted by Gasteiger charge is 2.09. The molecule has 1 rings (SSSR count). The molecule has 1 unspecified atom stereocenters. The maximum atomic E-state index is 8.70. The smallest absolute Gasteiger partial charge is 0.0431 e. The third kappa shape index (κ3) is 5.10. The van der Waals surface area contributed by atoms with Gasteiger partial charge in [-0.15, -0.1) is 11.3 Å². The number of nitrogens with zero attached hydrogens (tertiary/aromatic N) is 1. The minimum Gasteiger partial charge on any atom is -0.396 e. The number of likely N-dealkylation sites (N-methyl/N-ethyl adjacent to an activating group) is 1. The predicted molar refractivity (Wildman–Crippen MR) is 71.1 cm³/mol. The monoisotopic (exact) mass is 241 g/mol. The van der Waals surface area contributed by atoms with Gasteiger partial charge in [0, 0.05) is 17.5 Å². The van der Waals surface area contributed by atoms with Crippen molar-refractivity contribution in [2.45, 2.75) is 38.6 Å². The lowest BCUT2D eigenvalue weighted by molar-refractivity contribution is 0.241. The van der Waals surface area contributed by atoms with Crippen LogP contribution in [0.15, 0.2) is 17.5 Å². The Morgan fingerprint density at radius 3 is 2.81 bits per heavy atom. The number of hydrogen-bond donors (Lipinski definition) is 1. The molecule has 0 fully saturated rings. The molecule has 1 atom stereocenters. The molecular formula is C13H23NOS. The zero-order valence-corrected chi connectivity index (χ0v) is 11.2. The van der Waals surface area contributed by atoms with Gasteiger partial charge in [0.15, 0.2) is 0 Å². The maximum absolute atomic E-state index is 8.70. The largest absolute Gasteiger partial charge is 0.396 e. The van der Waals surface area contributed by atoms with Gasteiger partial charge in [0.1, 0.15) is 0 Å². The fourth-order valence-corrected chi connectivity index (χ4v) is 2.57. The average Bonchev–Trinajstić information content (AvgIpc) is 2.76. The van der Waals surface area contributed by atoms with Crippen LogP contribution in [0.2, 0.25) is 0 Å². The second-order valence-corrected chi connectivity index (χ2v) is 5.43. The summed E-state index contributed by atoms with van der Waals surface area (Å²) in [4.78, 5) is 3.88. The first-order valence-electron chi connectivity index (χ1n) is 6.07. The second kappa shape index (κ2) is 7.82. The van der Waals surface area contributed by atoms with E-state index in [2.05, 4.69) is 36.4 Å². The van der Waals surface area contributed by atoms with Crippen LogP contribution in [0.5, 0.6) is 0 Å². The molecule has 1 aromatic rings. The average molecular weight is 241 g/mol. The molecule has 1 N–H and O–H groups in total. The highest BCUT2D eigenvalue weighted by molar-refractivity contribution is 7.09. The molecule has 0 saturated carbocycles. The third-order valence-electron chi connectivity index (χ3n) is 3.00. The number of rotatable bonds is 8. The molecule has 0 radical (unpaired) electrons. The molecule has 0 aromatic carbocycles. The summed E-state index contributed by atoms with van der Waals surface area (Å²) in [7, 11) is 2.19. The van der Waals surface area contributed by atoms with E-state index in [-0.39, 0.29) is 0 Å². The molecule has 0 aliphatic rings. The van der Waals surface area contributed by atoms with Crippen molar-refractivity contribution in [3.05, 3.63) is 22.4 Å². The zero-order chi connectivity index (χ0) is 11.8. The van der Waals surface area contributed by atoms with Crippen LogP contribution in [0.1, 0.15) is 31.1 Å². The van der Waals surface area contributed by atoms with Gasteiger partial charge in [-0.1, -0.05) is 6.07 Å². The lowest BCUT2D eigenvalue weighted by Gasteiger charge is -2.24. The molecule has 0 spiro atoms. The van der Waals surface area contributed by atoms with Crippen LogP contribution in [-0.4, -0.2) is 36.2 Å². The first kappa shape index (κ1) is 13.7. The van der Waals surface area contributed by atoms with E-state index in [0.717, 1.165) is 25.8 Å². The van der Waals surface area contributed by atoms with Gasteiger partial charge < -0.3 is 10.0 Å². The van der Waals surface area contributed by atoms with Crippen LogP contribution in [0.3, 0.4) is 0 Å². The Morgan fingerprint density at radius 2 is 2.19 bits per heavy atom. The molecule has 0 aliphatic carbocycles. The summed E-state index contributed by atoms with van der Waals surface area (Å²) in [6.07, 6.45) is 4.40. The Labute approximate surface area is 103 Å². The Kier molecular flexibility index (Phi) is 6.69. The summed E-state index contributed by atoms with van der Waals surface area (Å²) < 4.78 is 0. The van der Waals surface area contributed by atoms with Crippen LogP contribution in [0.25, 0.3) is 0 Å². The Hall–Kier alpha value is -0.380. The highest BCUT2D eigenvalue weighted by Crippen LogP contribution is 2.13. The molecule has 1 heterocycles. The first-order valence-corrected chi connectivity index (χ1v) is 6.95. The second-order valence-electron chi connectivity index (χ2n) is 4.40. The quantitative estimate of drug-likeness (QED) is 0.707. The number of thiophene rings is 1.